The van der Waals surface area contributed by atoms with Crippen LogP contribution in [-0.2, 0) is 10.2 Å². The average molecular weight is 250 g/mol. The van der Waals surface area contributed by atoms with E-state index in [4.69, 9.17) is 5.11 Å². The lowest BCUT2D eigenvalue weighted by atomic mass is 9.84. The van der Waals surface area contributed by atoms with E-state index in [-0.39, 0.29) is 18.3 Å². The van der Waals surface area contributed by atoms with Crippen LogP contribution in [0.1, 0.15) is 56.4 Å². The minimum Gasteiger partial charge on any atom is -0.481 e. The highest BCUT2D eigenvalue weighted by Gasteiger charge is 2.18. The standard InChI is InChI=1S/C15H22O3/c1-10-5-6-11(15(2,3)4)9-12(10)13(16)7-8-14(17)18/h5-6,9,13,16H,7-8H2,1-4H3,(H,17,18). The molecule has 0 heterocycles. The van der Waals surface area contributed by atoms with Gasteiger partial charge in [0, 0.05) is 6.42 Å². The summed E-state index contributed by atoms with van der Waals surface area (Å²) in [6.45, 7) is 8.28. The second kappa shape index (κ2) is 5.53. The summed E-state index contributed by atoms with van der Waals surface area (Å²) in [5, 5.41) is 18.7. The second-order valence-electron chi connectivity index (χ2n) is 5.77. The van der Waals surface area contributed by atoms with Crippen molar-refractivity contribution >= 4 is 5.97 Å². The molecule has 3 heteroatoms. The molecule has 0 aromatic heterocycles. The van der Waals surface area contributed by atoms with Gasteiger partial charge in [-0.25, -0.2) is 0 Å². The molecule has 0 spiro atoms. The molecule has 3 nitrogen and oxygen atoms in total. The summed E-state index contributed by atoms with van der Waals surface area (Å²) in [6.07, 6.45) is -0.465. The molecule has 0 bridgehead atoms. The van der Waals surface area contributed by atoms with E-state index in [0.717, 1.165) is 16.7 Å². The number of carbonyl (C=O) groups is 1. The third-order valence-corrected chi connectivity index (χ3v) is 3.14. The second-order valence-corrected chi connectivity index (χ2v) is 5.77. The van der Waals surface area contributed by atoms with Crippen molar-refractivity contribution in [3.63, 3.8) is 0 Å². The minimum absolute atomic E-state index is 0.0135. The van der Waals surface area contributed by atoms with Gasteiger partial charge in [-0.15, -0.1) is 0 Å². The summed E-state index contributed by atoms with van der Waals surface area (Å²) in [5.41, 5.74) is 3.01. The lowest BCUT2D eigenvalue weighted by molar-refractivity contribution is -0.137. The van der Waals surface area contributed by atoms with Gasteiger partial charge in [-0.05, 0) is 35.4 Å². The molecule has 1 aromatic rings. The molecule has 100 valence electrons. The van der Waals surface area contributed by atoms with Gasteiger partial charge in [0.05, 0.1) is 6.10 Å². The van der Waals surface area contributed by atoms with Gasteiger partial charge in [0.25, 0.3) is 0 Å². The molecule has 2 N–H and O–H groups in total. The van der Waals surface area contributed by atoms with Crippen LogP contribution in [0.2, 0.25) is 0 Å². The first-order valence-corrected chi connectivity index (χ1v) is 6.22. The smallest absolute Gasteiger partial charge is 0.303 e. The molecule has 1 atom stereocenters. The number of hydrogen-bond donors (Lipinski definition) is 2. The first-order valence-electron chi connectivity index (χ1n) is 6.22. The average Bonchev–Trinajstić information content (AvgIpc) is 2.24. The first-order chi connectivity index (χ1) is 8.21. The molecule has 1 unspecified atom stereocenters. The molecule has 0 radical (unpaired) electrons. The zero-order valence-corrected chi connectivity index (χ0v) is 11.5. The van der Waals surface area contributed by atoms with Crippen molar-refractivity contribution in [2.75, 3.05) is 0 Å². The summed E-state index contributed by atoms with van der Waals surface area (Å²) in [6, 6.07) is 6.03. The van der Waals surface area contributed by atoms with Crippen LogP contribution in [0.5, 0.6) is 0 Å². The number of aliphatic hydroxyl groups excluding tert-OH is 1. The molecular formula is C15H22O3. The van der Waals surface area contributed by atoms with Gasteiger partial charge < -0.3 is 10.2 Å². The highest BCUT2D eigenvalue weighted by Crippen LogP contribution is 2.28. The maximum Gasteiger partial charge on any atom is 0.303 e. The van der Waals surface area contributed by atoms with E-state index in [2.05, 4.69) is 26.8 Å². The summed E-state index contributed by atoms with van der Waals surface area (Å²) < 4.78 is 0. The number of carboxylic acid groups (broad SMARTS) is 1. The normalized spacial score (nSPS) is 13.4. The molecule has 0 saturated carbocycles. The number of aryl methyl sites for hydroxylation is 1. The Kier molecular flexibility index (Phi) is 4.52. The summed E-state index contributed by atoms with van der Waals surface area (Å²) in [4.78, 5) is 10.5. The summed E-state index contributed by atoms with van der Waals surface area (Å²) in [5.74, 6) is -0.876. The number of aliphatic hydroxyl groups is 1. The van der Waals surface area contributed by atoms with Crippen molar-refractivity contribution in [3.8, 4) is 0 Å². The van der Waals surface area contributed by atoms with E-state index in [1.165, 1.54) is 0 Å². The molecule has 0 aliphatic rings. The van der Waals surface area contributed by atoms with Gasteiger partial charge in [-0.3, -0.25) is 4.79 Å². The van der Waals surface area contributed by atoms with Crippen LogP contribution in [0.25, 0.3) is 0 Å². The van der Waals surface area contributed by atoms with E-state index < -0.39 is 12.1 Å². The van der Waals surface area contributed by atoms with Crippen LogP contribution in [0.15, 0.2) is 18.2 Å². The number of hydrogen-bond acceptors (Lipinski definition) is 2. The fourth-order valence-electron chi connectivity index (χ4n) is 1.88. The third kappa shape index (κ3) is 3.84. The van der Waals surface area contributed by atoms with Crippen molar-refractivity contribution in [1.29, 1.82) is 0 Å². The molecule has 1 rings (SSSR count). The van der Waals surface area contributed by atoms with Crippen LogP contribution in [0.4, 0.5) is 0 Å². The predicted octanol–water partition coefficient (Wildman–Crippen LogP) is 3.19. The van der Waals surface area contributed by atoms with E-state index in [0.29, 0.717) is 0 Å². The van der Waals surface area contributed by atoms with Gasteiger partial charge >= 0.3 is 5.97 Å². The van der Waals surface area contributed by atoms with Gasteiger partial charge in [0.15, 0.2) is 0 Å². The van der Waals surface area contributed by atoms with E-state index in [9.17, 15) is 9.90 Å². The lowest BCUT2D eigenvalue weighted by Gasteiger charge is -2.22. The van der Waals surface area contributed by atoms with Gasteiger partial charge in [0.1, 0.15) is 0 Å². The molecular weight excluding hydrogens is 228 g/mol. The van der Waals surface area contributed by atoms with Crippen LogP contribution >= 0.6 is 0 Å². The van der Waals surface area contributed by atoms with Gasteiger partial charge in [0.2, 0.25) is 0 Å². The van der Waals surface area contributed by atoms with Gasteiger partial charge in [-0.1, -0.05) is 39.0 Å². The molecule has 0 aliphatic heterocycles. The summed E-state index contributed by atoms with van der Waals surface area (Å²) in [7, 11) is 0. The number of carboxylic acids is 1. The van der Waals surface area contributed by atoms with Crippen LogP contribution < -0.4 is 0 Å². The highest BCUT2D eigenvalue weighted by atomic mass is 16.4. The monoisotopic (exact) mass is 250 g/mol. The molecule has 0 saturated heterocycles. The Labute approximate surface area is 108 Å². The number of benzene rings is 1. The Balaban J connectivity index is 2.97. The third-order valence-electron chi connectivity index (χ3n) is 3.14. The quantitative estimate of drug-likeness (QED) is 0.862. The fourth-order valence-corrected chi connectivity index (χ4v) is 1.88. The maximum atomic E-state index is 10.5. The van der Waals surface area contributed by atoms with E-state index in [1.54, 1.807) is 0 Å². The number of aliphatic carboxylic acids is 1. The lowest BCUT2D eigenvalue weighted by Crippen LogP contribution is -2.13. The van der Waals surface area contributed by atoms with Crippen LogP contribution in [0, 0.1) is 6.92 Å². The van der Waals surface area contributed by atoms with Crippen LogP contribution in [-0.4, -0.2) is 16.2 Å². The summed E-state index contributed by atoms with van der Waals surface area (Å²) >= 11 is 0. The van der Waals surface area contributed by atoms with Crippen molar-refractivity contribution in [3.05, 3.63) is 34.9 Å². The molecule has 1 aromatic carbocycles. The van der Waals surface area contributed by atoms with Crippen molar-refractivity contribution in [2.24, 2.45) is 0 Å². The minimum atomic E-state index is -0.876. The fraction of sp³-hybridized carbons (Fsp3) is 0.533. The van der Waals surface area contributed by atoms with Crippen molar-refractivity contribution in [1.82, 2.24) is 0 Å². The largest absolute Gasteiger partial charge is 0.481 e. The first kappa shape index (κ1) is 14.7. The SMILES string of the molecule is Cc1ccc(C(C)(C)C)cc1C(O)CCC(=O)O. The highest BCUT2D eigenvalue weighted by molar-refractivity contribution is 5.66. The Morgan fingerprint density at radius 3 is 2.44 bits per heavy atom. The zero-order chi connectivity index (χ0) is 13.9. The number of rotatable bonds is 4. The van der Waals surface area contributed by atoms with Crippen LogP contribution in [0.3, 0.4) is 0 Å². The van der Waals surface area contributed by atoms with E-state index in [1.807, 2.05) is 19.1 Å². The Hall–Kier alpha value is -1.35. The Morgan fingerprint density at radius 2 is 1.94 bits per heavy atom. The topological polar surface area (TPSA) is 57.5 Å². The van der Waals surface area contributed by atoms with Gasteiger partial charge in [-0.2, -0.15) is 0 Å². The zero-order valence-electron chi connectivity index (χ0n) is 11.5. The maximum absolute atomic E-state index is 10.5. The predicted molar refractivity (Wildman–Crippen MR) is 71.7 cm³/mol. The van der Waals surface area contributed by atoms with Crippen molar-refractivity contribution in [2.45, 2.75) is 52.1 Å². The van der Waals surface area contributed by atoms with E-state index >= 15 is 0 Å². The molecule has 0 amide bonds. The Morgan fingerprint density at radius 1 is 1.33 bits per heavy atom. The molecule has 0 fully saturated rings. The molecule has 0 aliphatic carbocycles. The Bertz CT molecular complexity index is 430. The van der Waals surface area contributed by atoms with Crippen molar-refractivity contribution < 1.29 is 15.0 Å². The molecule has 18 heavy (non-hydrogen) atoms.